The molecular formula is C16H21N3O4. The van der Waals surface area contributed by atoms with Gasteiger partial charge in [0.2, 0.25) is 5.82 Å². The van der Waals surface area contributed by atoms with Crippen molar-refractivity contribution in [3.05, 3.63) is 30.2 Å². The molecule has 2 N–H and O–H groups in total. The summed E-state index contributed by atoms with van der Waals surface area (Å²) in [5.74, 6) is 0.384. The van der Waals surface area contributed by atoms with E-state index in [0.29, 0.717) is 11.4 Å². The molecule has 0 saturated carbocycles. The number of nitrogens with zero attached hydrogens (tertiary/aromatic N) is 2. The summed E-state index contributed by atoms with van der Waals surface area (Å²) < 4.78 is 10.5. The van der Waals surface area contributed by atoms with Crippen molar-refractivity contribution in [2.45, 2.75) is 39.3 Å². The Kier molecular flexibility index (Phi) is 5.00. The third kappa shape index (κ3) is 4.53. The van der Waals surface area contributed by atoms with Gasteiger partial charge in [-0.25, -0.2) is 0 Å². The highest BCUT2D eigenvalue weighted by Gasteiger charge is 2.24. The lowest BCUT2D eigenvalue weighted by molar-refractivity contribution is 0.0825. The van der Waals surface area contributed by atoms with E-state index in [2.05, 4.69) is 15.5 Å². The Morgan fingerprint density at radius 1 is 1.35 bits per heavy atom. The molecule has 0 aliphatic heterocycles. The van der Waals surface area contributed by atoms with E-state index in [9.17, 15) is 4.79 Å². The lowest BCUT2D eigenvalue weighted by Gasteiger charge is -2.21. The standard InChI is InChI=1S/C16H21N3O4/c1-10(2)22-12-7-5-11(6-8-12)13-17-15(23-19-13)14(21)18-16(3,4)9-20/h5-8,10,20H,9H2,1-4H3,(H,18,21). The number of hydrogen-bond donors (Lipinski definition) is 2. The van der Waals surface area contributed by atoms with Crippen LogP contribution < -0.4 is 10.1 Å². The second-order valence-electron chi connectivity index (χ2n) is 6.11. The second-order valence-corrected chi connectivity index (χ2v) is 6.11. The topological polar surface area (TPSA) is 97.5 Å². The number of ether oxygens (including phenoxy) is 1. The molecular weight excluding hydrogens is 298 g/mol. The molecule has 0 radical (unpaired) electrons. The van der Waals surface area contributed by atoms with Crippen LogP contribution in [0.15, 0.2) is 28.8 Å². The number of carbonyl (C=O) groups is 1. The first-order chi connectivity index (χ1) is 10.8. The zero-order valence-corrected chi connectivity index (χ0v) is 13.7. The largest absolute Gasteiger partial charge is 0.491 e. The van der Waals surface area contributed by atoms with E-state index in [0.717, 1.165) is 5.75 Å². The van der Waals surface area contributed by atoms with Gasteiger partial charge >= 0.3 is 11.8 Å². The van der Waals surface area contributed by atoms with E-state index in [1.54, 1.807) is 38.1 Å². The van der Waals surface area contributed by atoms with Crippen molar-refractivity contribution in [1.82, 2.24) is 15.5 Å². The van der Waals surface area contributed by atoms with Gasteiger partial charge in [-0.15, -0.1) is 0 Å². The normalized spacial score (nSPS) is 11.6. The average Bonchev–Trinajstić information content (AvgIpc) is 2.97. The first-order valence-corrected chi connectivity index (χ1v) is 7.35. The lowest BCUT2D eigenvalue weighted by atomic mass is 10.1. The molecule has 124 valence electrons. The minimum atomic E-state index is -0.762. The Morgan fingerprint density at radius 3 is 2.57 bits per heavy atom. The highest BCUT2D eigenvalue weighted by molar-refractivity contribution is 5.90. The van der Waals surface area contributed by atoms with Crippen LogP contribution in [0.5, 0.6) is 5.75 Å². The molecule has 1 aromatic carbocycles. The number of amides is 1. The van der Waals surface area contributed by atoms with Gasteiger partial charge in [0.1, 0.15) is 5.75 Å². The van der Waals surface area contributed by atoms with Crippen molar-refractivity contribution in [2.24, 2.45) is 0 Å². The fourth-order valence-corrected chi connectivity index (χ4v) is 1.79. The van der Waals surface area contributed by atoms with E-state index in [1.807, 2.05) is 13.8 Å². The van der Waals surface area contributed by atoms with Crippen molar-refractivity contribution in [3.8, 4) is 17.1 Å². The smallest absolute Gasteiger partial charge is 0.316 e. The maximum absolute atomic E-state index is 12.0. The number of carbonyl (C=O) groups excluding carboxylic acids is 1. The molecule has 2 rings (SSSR count). The van der Waals surface area contributed by atoms with Gasteiger partial charge < -0.3 is 19.7 Å². The van der Waals surface area contributed by atoms with Crippen LogP contribution in [0.1, 0.15) is 38.4 Å². The first kappa shape index (κ1) is 17.0. The summed E-state index contributed by atoms with van der Waals surface area (Å²) in [5.41, 5.74) is -0.0491. The monoisotopic (exact) mass is 319 g/mol. The van der Waals surface area contributed by atoms with Crippen LogP contribution in [0, 0.1) is 0 Å². The molecule has 7 nitrogen and oxygen atoms in total. The third-order valence-electron chi connectivity index (χ3n) is 2.95. The van der Waals surface area contributed by atoms with Crippen LogP contribution in [0.4, 0.5) is 0 Å². The quantitative estimate of drug-likeness (QED) is 0.845. The summed E-state index contributed by atoms with van der Waals surface area (Å²) in [6, 6.07) is 7.20. The second kappa shape index (κ2) is 6.78. The predicted molar refractivity (Wildman–Crippen MR) is 84.1 cm³/mol. The first-order valence-electron chi connectivity index (χ1n) is 7.35. The van der Waals surface area contributed by atoms with Gasteiger partial charge in [-0.2, -0.15) is 4.98 Å². The van der Waals surface area contributed by atoms with Crippen molar-refractivity contribution in [2.75, 3.05) is 6.61 Å². The molecule has 1 amide bonds. The number of hydrogen-bond acceptors (Lipinski definition) is 6. The molecule has 0 aliphatic carbocycles. The zero-order chi connectivity index (χ0) is 17.0. The highest BCUT2D eigenvalue weighted by Crippen LogP contribution is 2.20. The van der Waals surface area contributed by atoms with Gasteiger partial charge in [0.05, 0.1) is 18.2 Å². The van der Waals surface area contributed by atoms with Gasteiger partial charge in [0.15, 0.2) is 0 Å². The van der Waals surface area contributed by atoms with Crippen LogP contribution in [-0.4, -0.2) is 39.4 Å². The molecule has 1 aromatic heterocycles. The molecule has 0 bridgehead atoms. The van der Waals surface area contributed by atoms with Gasteiger partial charge in [-0.3, -0.25) is 4.79 Å². The van der Waals surface area contributed by atoms with E-state index in [-0.39, 0.29) is 18.6 Å². The molecule has 0 fully saturated rings. The molecule has 0 aliphatic rings. The average molecular weight is 319 g/mol. The zero-order valence-electron chi connectivity index (χ0n) is 13.7. The molecule has 0 spiro atoms. The highest BCUT2D eigenvalue weighted by atomic mass is 16.5. The van der Waals surface area contributed by atoms with E-state index in [1.165, 1.54) is 0 Å². The van der Waals surface area contributed by atoms with E-state index < -0.39 is 11.4 Å². The Hall–Kier alpha value is -2.41. The van der Waals surface area contributed by atoms with Crippen LogP contribution in [0.2, 0.25) is 0 Å². The Morgan fingerprint density at radius 2 is 2.00 bits per heavy atom. The Bertz CT molecular complexity index is 662. The number of rotatable bonds is 6. The van der Waals surface area contributed by atoms with Crippen molar-refractivity contribution in [1.29, 1.82) is 0 Å². The van der Waals surface area contributed by atoms with Crippen LogP contribution in [-0.2, 0) is 0 Å². The van der Waals surface area contributed by atoms with Crippen LogP contribution in [0.25, 0.3) is 11.4 Å². The van der Waals surface area contributed by atoms with Crippen molar-refractivity contribution >= 4 is 5.91 Å². The van der Waals surface area contributed by atoms with Crippen LogP contribution in [0.3, 0.4) is 0 Å². The minimum Gasteiger partial charge on any atom is -0.491 e. The maximum Gasteiger partial charge on any atom is 0.316 e. The number of nitrogens with one attached hydrogen (secondary N) is 1. The molecule has 23 heavy (non-hydrogen) atoms. The summed E-state index contributed by atoms with van der Waals surface area (Å²) in [6.07, 6.45) is 0.0937. The molecule has 0 unspecified atom stereocenters. The van der Waals surface area contributed by atoms with Gasteiger partial charge in [0, 0.05) is 5.56 Å². The van der Waals surface area contributed by atoms with E-state index in [4.69, 9.17) is 14.4 Å². The Balaban J connectivity index is 2.11. The van der Waals surface area contributed by atoms with Crippen LogP contribution >= 0.6 is 0 Å². The van der Waals surface area contributed by atoms with Crippen molar-refractivity contribution in [3.63, 3.8) is 0 Å². The molecule has 0 saturated heterocycles. The van der Waals surface area contributed by atoms with Crippen molar-refractivity contribution < 1.29 is 19.2 Å². The lowest BCUT2D eigenvalue weighted by Crippen LogP contribution is -2.46. The number of benzene rings is 1. The Labute approximate surface area is 134 Å². The third-order valence-corrected chi connectivity index (χ3v) is 2.95. The molecule has 0 atom stereocenters. The number of aliphatic hydroxyl groups is 1. The summed E-state index contributed by atoms with van der Waals surface area (Å²) >= 11 is 0. The summed E-state index contributed by atoms with van der Waals surface area (Å²) in [4.78, 5) is 16.1. The molecule has 2 aromatic rings. The van der Waals surface area contributed by atoms with Gasteiger partial charge in [-0.05, 0) is 52.0 Å². The number of aliphatic hydroxyl groups excluding tert-OH is 1. The minimum absolute atomic E-state index is 0.0937. The number of aromatic nitrogens is 2. The summed E-state index contributed by atoms with van der Waals surface area (Å²) in [5, 5.41) is 15.6. The molecule has 7 heteroatoms. The predicted octanol–water partition coefficient (Wildman–Crippen LogP) is 2.02. The van der Waals surface area contributed by atoms with E-state index >= 15 is 0 Å². The SMILES string of the molecule is CC(C)Oc1ccc(-c2noc(C(=O)NC(C)(C)CO)n2)cc1. The summed E-state index contributed by atoms with van der Waals surface area (Å²) in [7, 11) is 0. The van der Waals surface area contributed by atoms with Gasteiger partial charge in [-0.1, -0.05) is 5.16 Å². The maximum atomic E-state index is 12.0. The molecule has 1 heterocycles. The van der Waals surface area contributed by atoms with Gasteiger partial charge in [0.25, 0.3) is 0 Å². The summed E-state index contributed by atoms with van der Waals surface area (Å²) in [6.45, 7) is 7.08. The fourth-order valence-electron chi connectivity index (χ4n) is 1.79. The fraction of sp³-hybridized carbons (Fsp3) is 0.438.